The fraction of sp³-hybridized carbons (Fsp3) is 0.419. The van der Waals surface area contributed by atoms with Gasteiger partial charge in [0.05, 0.1) is 44.0 Å². The zero-order chi connectivity index (χ0) is 39.7. The molecule has 57 heavy (non-hydrogen) atoms. The second kappa shape index (κ2) is 18.7. The molecule has 0 spiro atoms. The van der Waals surface area contributed by atoms with Gasteiger partial charge < -0.3 is 43.6 Å². The third-order valence-electron chi connectivity index (χ3n) is 10.8. The summed E-state index contributed by atoms with van der Waals surface area (Å²) in [5.41, 5.74) is 5.01. The molecule has 3 aliphatic rings. The second-order valence-electron chi connectivity index (χ2n) is 14.7. The maximum atomic E-state index is 13.8. The molecule has 0 radical (unpaired) electrons. The molecule has 14 heteroatoms. The number of piperidine rings is 1. The van der Waals surface area contributed by atoms with Crippen LogP contribution in [-0.2, 0) is 38.7 Å². The van der Waals surface area contributed by atoms with Crippen LogP contribution in [0.5, 0.6) is 11.5 Å². The normalized spacial score (nSPS) is 20.5. The number of hydrogen-bond donors (Lipinski definition) is 1. The first-order chi connectivity index (χ1) is 27.7. The van der Waals surface area contributed by atoms with E-state index in [4.69, 9.17) is 18.9 Å². The van der Waals surface area contributed by atoms with Crippen molar-refractivity contribution < 1.29 is 43.2 Å². The van der Waals surface area contributed by atoms with Crippen LogP contribution in [0.2, 0.25) is 0 Å². The van der Waals surface area contributed by atoms with E-state index in [0.29, 0.717) is 31.1 Å². The molecule has 4 atom stereocenters. The number of ether oxygens (including phenoxy) is 4. The van der Waals surface area contributed by atoms with Crippen LogP contribution in [0, 0.1) is 15.9 Å². The highest BCUT2D eigenvalue weighted by molar-refractivity contribution is 5.79. The number of carbonyl (C=O) groups is 1. The third-order valence-corrected chi connectivity index (χ3v) is 10.8. The van der Waals surface area contributed by atoms with E-state index in [-0.39, 0.29) is 50.6 Å². The van der Waals surface area contributed by atoms with E-state index >= 15 is 0 Å². The number of aliphatic hydroxyl groups is 1. The molecule has 4 unspecified atom stereocenters. The van der Waals surface area contributed by atoms with E-state index in [0.717, 1.165) is 66.3 Å². The van der Waals surface area contributed by atoms with Crippen molar-refractivity contribution in [1.82, 2.24) is 4.90 Å². The lowest BCUT2D eigenvalue weighted by molar-refractivity contribution is -0.763. The zero-order valence-corrected chi connectivity index (χ0v) is 32.0. The number of amides is 1. The van der Waals surface area contributed by atoms with Crippen LogP contribution in [0.1, 0.15) is 41.0 Å². The first kappa shape index (κ1) is 39.8. The molecule has 1 N–H and O–H groups in total. The molecule has 302 valence electrons. The van der Waals surface area contributed by atoms with Gasteiger partial charge in [-0.15, -0.1) is 10.1 Å². The molecule has 4 aromatic rings. The standard InChI is InChI=1S/C43H49FN4O9/c1-53-20-3-17-45-19-21-54-40-15-10-32(22-38(40)45)28-55-41-27-47(42(50)23-30-6-8-31(9-7-30)29-56-48(51)52)26-39(49)43(41)33-11-13-36(14-12-33)57-37-16-18-46(25-37)35-5-2-4-34(44)24-35/h2,4-15,22,24,37,39,41,43,49H,3,16-21,23,25-29H2,1H3. The van der Waals surface area contributed by atoms with Gasteiger partial charge in [-0.3, -0.25) is 4.79 Å². The van der Waals surface area contributed by atoms with E-state index in [1.807, 2.05) is 42.5 Å². The van der Waals surface area contributed by atoms with Gasteiger partial charge in [-0.1, -0.05) is 48.5 Å². The van der Waals surface area contributed by atoms with Gasteiger partial charge in [0.15, 0.2) is 0 Å². The molecule has 0 saturated carbocycles. The number of anilines is 2. The fourth-order valence-electron chi connectivity index (χ4n) is 7.89. The SMILES string of the molecule is COCCCN1CCOc2ccc(COC3CN(C(=O)Cc4ccc(CO[N+](=O)[O-])cc4)CC(O)C3c3ccc(OC4CCN(c5cccc(F)c5)C4)cc3)cc21. The number of methoxy groups -OCH3 is 1. The molecule has 4 aromatic carbocycles. The summed E-state index contributed by atoms with van der Waals surface area (Å²) >= 11 is 0. The van der Waals surface area contributed by atoms with E-state index in [2.05, 4.69) is 20.7 Å². The summed E-state index contributed by atoms with van der Waals surface area (Å²) in [6, 6.07) is 27.2. The van der Waals surface area contributed by atoms with Crippen LogP contribution < -0.4 is 19.3 Å². The Bertz CT molecular complexity index is 1970. The molecular formula is C43H49FN4O9. The Kier molecular flexibility index (Phi) is 13.0. The van der Waals surface area contributed by atoms with E-state index in [1.54, 1.807) is 42.3 Å². The van der Waals surface area contributed by atoms with Crippen LogP contribution in [0.3, 0.4) is 0 Å². The number of halogens is 1. The van der Waals surface area contributed by atoms with Gasteiger partial charge >= 0.3 is 0 Å². The summed E-state index contributed by atoms with van der Waals surface area (Å²) in [5, 5.41) is 21.5. The van der Waals surface area contributed by atoms with Crippen molar-refractivity contribution in [2.45, 2.75) is 56.7 Å². The van der Waals surface area contributed by atoms with Gasteiger partial charge in [0, 0.05) is 57.9 Å². The van der Waals surface area contributed by atoms with Gasteiger partial charge in [0.1, 0.15) is 36.6 Å². The number of fused-ring (bicyclic) bond motifs is 1. The summed E-state index contributed by atoms with van der Waals surface area (Å²) in [7, 11) is 1.70. The van der Waals surface area contributed by atoms with Crippen molar-refractivity contribution in [1.29, 1.82) is 0 Å². The number of carbonyl (C=O) groups excluding carboxylic acids is 1. The Morgan fingerprint density at radius 1 is 0.947 bits per heavy atom. The lowest BCUT2D eigenvalue weighted by Gasteiger charge is -2.42. The molecule has 7 rings (SSSR count). The summed E-state index contributed by atoms with van der Waals surface area (Å²) in [4.78, 5) is 34.8. The molecule has 0 aromatic heterocycles. The van der Waals surface area contributed by atoms with Crippen molar-refractivity contribution in [2.24, 2.45) is 0 Å². The molecule has 3 aliphatic heterocycles. The van der Waals surface area contributed by atoms with Crippen molar-refractivity contribution >= 4 is 17.3 Å². The van der Waals surface area contributed by atoms with E-state index in [1.165, 1.54) is 12.1 Å². The zero-order valence-electron chi connectivity index (χ0n) is 32.0. The monoisotopic (exact) mass is 784 g/mol. The Hall–Kier alpha value is -5.44. The van der Waals surface area contributed by atoms with Crippen molar-refractivity contribution in [3.8, 4) is 11.5 Å². The average molecular weight is 785 g/mol. The number of β-amino-alcohol motifs (C(OH)–C–C–N with tert-alkyl or cyclic N) is 1. The smallest absolute Gasteiger partial charge is 0.294 e. The minimum atomic E-state index is -0.913. The quantitative estimate of drug-likeness (QED) is 0.0872. The first-order valence-corrected chi connectivity index (χ1v) is 19.4. The molecule has 2 fully saturated rings. The van der Waals surface area contributed by atoms with Gasteiger partial charge in [0.25, 0.3) is 5.09 Å². The number of benzene rings is 4. The lowest BCUT2D eigenvalue weighted by Crippen LogP contribution is -2.54. The summed E-state index contributed by atoms with van der Waals surface area (Å²) in [6.45, 7) is 4.78. The Morgan fingerprint density at radius 3 is 2.51 bits per heavy atom. The third kappa shape index (κ3) is 10.3. The summed E-state index contributed by atoms with van der Waals surface area (Å²) < 4.78 is 38.1. The van der Waals surface area contributed by atoms with Gasteiger partial charge in [-0.05, 0) is 71.1 Å². The number of hydrogen-bond acceptors (Lipinski definition) is 11. The minimum Gasteiger partial charge on any atom is -0.490 e. The van der Waals surface area contributed by atoms with Gasteiger partial charge in [0.2, 0.25) is 5.91 Å². The van der Waals surface area contributed by atoms with Crippen LogP contribution in [0.25, 0.3) is 0 Å². The highest BCUT2D eigenvalue weighted by atomic mass is 19.1. The highest BCUT2D eigenvalue weighted by Gasteiger charge is 2.39. The second-order valence-corrected chi connectivity index (χ2v) is 14.7. The lowest BCUT2D eigenvalue weighted by atomic mass is 9.84. The van der Waals surface area contributed by atoms with E-state index in [9.17, 15) is 24.4 Å². The molecule has 3 heterocycles. The molecular weight excluding hydrogens is 735 g/mol. The van der Waals surface area contributed by atoms with Gasteiger partial charge in [-0.2, -0.15) is 0 Å². The summed E-state index contributed by atoms with van der Waals surface area (Å²) in [6.07, 6.45) is 0.279. The maximum absolute atomic E-state index is 13.8. The summed E-state index contributed by atoms with van der Waals surface area (Å²) in [5.74, 6) is 0.669. The predicted molar refractivity (Wildman–Crippen MR) is 211 cm³/mol. The highest BCUT2D eigenvalue weighted by Crippen LogP contribution is 2.36. The topological polar surface area (TPSA) is 136 Å². The number of rotatable bonds is 16. The molecule has 1 amide bonds. The number of nitrogens with zero attached hydrogens (tertiary/aromatic N) is 4. The molecule has 0 bridgehead atoms. The predicted octanol–water partition coefficient (Wildman–Crippen LogP) is 5.54. The Labute approximate surface area is 331 Å². The van der Waals surface area contributed by atoms with Crippen LogP contribution in [-0.4, -0.2) is 98.9 Å². The molecule has 13 nitrogen and oxygen atoms in total. The number of aliphatic hydroxyl groups excluding tert-OH is 1. The van der Waals surface area contributed by atoms with Crippen LogP contribution >= 0.6 is 0 Å². The fourth-order valence-corrected chi connectivity index (χ4v) is 7.89. The largest absolute Gasteiger partial charge is 0.490 e. The average Bonchev–Trinajstić information content (AvgIpc) is 3.68. The maximum Gasteiger partial charge on any atom is 0.294 e. The van der Waals surface area contributed by atoms with E-state index < -0.39 is 23.2 Å². The van der Waals surface area contributed by atoms with Crippen molar-refractivity contribution in [2.75, 3.05) is 69.4 Å². The van der Waals surface area contributed by atoms with Crippen LogP contribution in [0.15, 0.2) is 91.0 Å². The van der Waals surface area contributed by atoms with Crippen molar-refractivity contribution in [3.05, 3.63) is 129 Å². The first-order valence-electron chi connectivity index (χ1n) is 19.4. The van der Waals surface area contributed by atoms with Crippen molar-refractivity contribution in [3.63, 3.8) is 0 Å². The number of likely N-dealkylation sites (tertiary alicyclic amines) is 1. The molecule has 0 aliphatic carbocycles. The van der Waals surface area contributed by atoms with Gasteiger partial charge in [-0.25, -0.2) is 4.39 Å². The van der Waals surface area contributed by atoms with Crippen LogP contribution in [0.4, 0.5) is 15.8 Å². The minimum absolute atomic E-state index is 0.0569. The Morgan fingerprint density at radius 2 is 1.74 bits per heavy atom. The Balaban J connectivity index is 1.05. The molecule has 2 saturated heterocycles.